The third kappa shape index (κ3) is 6.55. The Hall–Kier alpha value is -3.90. The maximum absolute atomic E-state index is 12.7. The van der Waals surface area contributed by atoms with Crippen molar-refractivity contribution >= 4 is 35.7 Å². The topological polar surface area (TPSA) is 79.8 Å². The molecule has 0 aromatic heterocycles. The maximum atomic E-state index is 12.7. The lowest BCUT2D eigenvalue weighted by Crippen LogP contribution is -2.32. The minimum absolute atomic E-state index is 0.0438. The molecule has 2 amide bonds. The van der Waals surface area contributed by atoms with Crippen LogP contribution in [0.4, 0.5) is 0 Å². The number of nitrogens with one attached hydrogen (secondary N) is 2. The van der Waals surface area contributed by atoms with Gasteiger partial charge in [0.05, 0.1) is 13.3 Å². The summed E-state index contributed by atoms with van der Waals surface area (Å²) in [4.78, 5) is 25.3. The van der Waals surface area contributed by atoms with E-state index in [2.05, 4.69) is 15.8 Å². The Kier molecular flexibility index (Phi) is 7.56. The molecule has 0 aliphatic rings. The summed E-state index contributed by atoms with van der Waals surface area (Å²) in [5, 5.41) is 7.17. The van der Waals surface area contributed by atoms with Gasteiger partial charge in [0, 0.05) is 10.6 Å². The number of carbonyl (C=O) groups is 2. The Bertz CT molecular complexity index is 1110. The van der Waals surface area contributed by atoms with Gasteiger partial charge in [-0.25, -0.2) is 5.43 Å². The zero-order valence-corrected chi connectivity index (χ0v) is 17.5. The average Bonchev–Trinajstić information content (AvgIpc) is 2.79. The average molecular weight is 434 g/mol. The summed E-state index contributed by atoms with van der Waals surface area (Å²) in [6, 6.07) is 22.7. The number of hydrogen-bond donors (Lipinski definition) is 2. The first kappa shape index (κ1) is 21.8. The van der Waals surface area contributed by atoms with Crippen molar-refractivity contribution in [2.24, 2.45) is 5.10 Å². The van der Waals surface area contributed by atoms with Gasteiger partial charge in [0.2, 0.25) is 0 Å². The predicted octanol–water partition coefficient (Wildman–Crippen LogP) is 4.27. The Balaban J connectivity index is 1.80. The molecule has 0 atom stereocenters. The normalized spacial score (nSPS) is 11.2. The number of methoxy groups -OCH3 is 1. The van der Waals surface area contributed by atoms with Crippen molar-refractivity contribution in [1.82, 2.24) is 10.7 Å². The van der Waals surface area contributed by atoms with Crippen LogP contribution in [0.3, 0.4) is 0 Å². The smallest absolute Gasteiger partial charge is 0.287 e. The fraction of sp³-hybridized carbons (Fsp3) is 0.0417. The zero-order chi connectivity index (χ0) is 22.1. The highest BCUT2D eigenvalue weighted by Gasteiger charge is 2.14. The number of rotatable bonds is 7. The summed E-state index contributed by atoms with van der Waals surface area (Å²) >= 11 is 5.95. The largest absolute Gasteiger partial charge is 0.497 e. The molecule has 0 unspecified atom stereocenters. The molecule has 6 nitrogen and oxygen atoms in total. The van der Waals surface area contributed by atoms with Gasteiger partial charge in [-0.3, -0.25) is 9.59 Å². The summed E-state index contributed by atoms with van der Waals surface area (Å²) in [5.41, 5.74) is 4.33. The van der Waals surface area contributed by atoms with Crippen LogP contribution in [0.25, 0.3) is 6.08 Å². The summed E-state index contributed by atoms with van der Waals surface area (Å²) in [5.74, 6) is -0.296. The predicted molar refractivity (Wildman–Crippen MR) is 122 cm³/mol. The molecule has 3 rings (SSSR count). The van der Waals surface area contributed by atoms with E-state index in [9.17, 15) is 9.59 Å². The van der Waals surface area contributed by atoms with Crippen molar-refractivity contribution in [1.29, 1.82) is 0 Å². The molecular formula is C24H20ClN3O3. The van der Waals surface area contributed by atoms with E-state index in [1.165, 1.54) is 6.21 Å². The van der Waals surface area contributed by atoms with Crippen molar-refractivity contribution in [3.63, 3.8) is 0 Å². The van der Waals surface area contributed by atoms with Gasteiger partial charge in [-0.05, 0) is 53.6 Å². The Morgan fingerprint density at radius 1 is 0.935 bits per heavy atom. The first-order valence-corrected chi connectivity index (χ1v) is 9.74. The van der Waals surface area contributed by atoms with Gasteiger partial charge in [-0.1, -0.05) is 54.1 Å². The highest BCUT2D eigenvalue weighted by Crippen LogP contribution is 2.14. The Morgan fingerprint density at radius 3 is 2.35 bits per heavy atom. The van der Waals surface area contributed by atoms with Crippen LogP contribution >= 0.6 is 11.6 Å². The summed E-state index contributed by atoms with van der Waals surface area (Å²) in [6.45, 7) is 0. The van der Waals surface area contributed by atoms with Gasteiger partial charge in [0.25, 0.3) is 11.8 Å². The molecule has 3 aromatic carbocycles. The Morgan fingerprint density at radius 2 is 1.68 bits per heavy atom. The van der Waals surface area contributed by atoms with E-state index in [0.717, 1.165) is 5.56 Å². The third-order valence-electron chi connectivity index (χ3n) is 4.18. The molecule has 3 aromatic rings. The molecule has 0 fully saturated rings. The van der Waals surface area contributed by atoms with E-state index >= 15 is 0 Å². The van der Waals surface area contributed by atoms with E-state index < -0.39 is 11.8 Å². The van der Waals surface area contributed by atoms with Crippen molar-refractivity contribution < 1.29 is 14.3 Å². The van der Waals surface area contributed by atoms with Crippen LogP contribution < -0.4 is 15.5 Å². The van der Waals surface area contributed by atoms with Crippen LogP contribution in [-0.4, -0.2) is 25.1 Å². The number of hydrogen-bond acceptors (Lipinski definition) is 4. The molecule has 0 saturated carbocycles. The van der Waals surface area contributed by atoms with Gasteiger partial charge in [-0.2, -0.15) is 5.10 Å². The van der Waals surface area contributed by atoms with E-state index in [4.69, 9.17) is 16.3 Å². The highest BCUT2D eigenvalue weighted by molar-refractivity contribution is 6.30. The summed E-state index contributed by atoms with van der Waals surface area (Å²) in [6.07, 6.45) is 3.03. The summed E-state index contributed by atoms with van der Waals surface area (Å²) < 4.78 is 5.15. The van der Waals surface area contributed by atoms with Gasteiger partial charge >= 0.3 is 0 Å². The SMILES string of the molecule is COc1ccc(/C=C(/NC(=O)c2ccccc2)C(=O)N/N=C\c2cccc(Cl)c2)cc1. The van der Waals surface area contributed by atoms with Crippen molar-refractivity contribution in [3.05, 3.63) is 106 Å². The lowest BCUT2D eigenvalue weighted by Gasteiger charge is -2.09. The molecule has 31 heavy (non-hydrogen) atoms. The van der Waals surface area contributed by atoms with Gasteiger partial charge in [0.15, 0.2) is 0 Å². The number of carbonyl (C=O) groups excluding carboxylic acids is 2. The van der Waals surface area contributed by atoms with E-state index in [1.54, 1.807) is 86.0 Å². The molecular weight excluding hydrogens is 414 g/mol. The number of nitrogens with zero attached hydrogens (tertiary/aromatic N) is 1. The van der Waals surface area contributed by atoms with Crippen LogP contribution in [0.5, 0.6) is 5.75 Å². The van der Waals surface area contributed by atoms with Crippen LogP contribution in [0.15, 0.2) is 89.7 Å². The number of amides is 2. The van der Waals surface area contributed by atoms with Crippen LogP contribution in [0, 0.1) is 0 Å². The zero-order valence-electron chi connectivity index (χ0n) is 16.7. The molecule has 0 aliphatic heterocycles. The molecule has 0 bridgehead atoms. The van der Waals surface area contributed by atoms with Crippen molar-refractivity contribution in [2.75, 3.05) is 7.11 Å². The maximum Gasteiger partial charge on any atom is 0.287 e. The molecule has 0 saturated heterocycles. The second kappa shape index (κ2) is 10.8. The molecule has 0 heterocycles. The minimum Gasteiger partial charge on any atom is -0.497 e. The highest BCUT2D eigenvalue weighted by atomic mass is 35.5. The lowest BCUT2D eigenvalue weighted by atomic mass is 10.1. The van der Waals surface area contributed by atoms with E-state index in [-0.39, 0.29) is 5.70 Å². The molecule has 2 N–H and O–H groups in total. The van der Waals surface area contributed by atoms with Gasteiger partial charge in [-0.15, -0.1) is 0 Å². The number of hydrazone groups is 1. The van der Waals surface area contributed by atoms with E-state index in [1.807, 2.05) is 6.07 Å². The first-order valence-electron chi connectivity index (χ1n) is 9.36. The number of halogens is 1. The fourth-order valence-electron chi connectivity index (χ4n) is 2.62. The van der Waals surface area contributed by atoms with Gasteiger partial charge < -0.3 is 10.1 Å². The minimum atomic E-state index is -0.571. The van der Waals surface area contributed by atoms with Gasteiger partial charge in [0.1, 0.15) is 11.4 Å². The summed E-state index contributed by atoms with van der Waals surface area (Å²) in [7, 11) is 1.57. The number of benzene rings is 3. The van der Waals surface area contributed by atoms with Crippen molar-refractivity contribution in [2.45, 2.75) is 0 Å². The molecule has 7 heteroatoms. The van der Waals surface area contributed by atoms with Crippen molar-refractivity contribution in [3.8, 4) is 5.75 Å². The quantitative estimate of drug-likeness (QED) is 0.332. The van der Waals surface area contributed by atoms with E-state index in [0.29, 0.717) is 21.9 Å². The molecule has 0 spiro atoms. The lowest BCUT2D eigenvalue weighted by molar-refractivity contribution is -0.117. The first-order chi connectivity index (χ1) is 15.0. The number of ether oxygens (including phenoxy) is 1. The second-order valence-electron chi connectivity index (χ2n) is 6.41. The molecule has 0 radical (unpaired) electrons. The third-order valence-corrected chi connectivity index (χ3v) is 4.42. The second-order valence-corrected chi connectivity index (χ2v) is 6.84. The molecule has 156 valence electrons. The Labute approximate surface area is 185 Å². The monoisotopic (exact) mass is 433 g/mol. The van der Waals surface area contributed by atoms with Crippen LogP contribution in [-0.2, 0) is 4.79 Å². The van der Waals surface area contributed by atoms with Crippen LogP contribution in [0.2, 0.25) is 5.02 Å². The fourth-order valence-corrected chi connectivity index (χ4v) is 2.82. The standard InChI is InChI=1S/C24H20ClN3O3/c1-31-21-12-10-17(11-13-21)15-22(27-23(29)19-7-3-2-4-8-19)24(30)28-26-16-18-6-5-9-20(25)14-18/h2-16H,1H3,(H,27,29)(H,28,30)/b22-15+,26-16-. The molecule has 0 aliphatic carbocycles. The van der Waals surface area contributed by atoms with Crippen LogP contribution in [0.1, 0.15) is 21.5 Å².